The minimum atomic E-state index is 0.579. The third kappa shape index (κ3) is 5.56. The topological polar surface area (TPSA) is 12.0 Å². The maximum absolute atomic E-state index is 3.80. The average Bonchev–Trinajstić information content (AvgIpc) is 2.32. The maximum atomic E-state index is 3.80. The summed E-state index contributed by atoms with van der Waals surface area (Å²) in [4.78, 5) is 0. The summed E-state index contributed by atoms with van der Waals surface area (Å²) < 4.78 is 0. The predicted molar refractivity (Wildman–Crippen MR) is 81.8 cm³/mol. The number of allylic oxidation sites excluding steroid dienone is 1. The van der Waals surface area contributed by atoms with Gasteiger partial charge in [-0.1, -0.05) is 39.2 Å². The third-order valence-corrected chi connectivity index (χ3v) is 4.62. The van der Waals surface area contributed by atoms with Gasteiger partial charge in [-0.3, -0.25) is 0 Å². The predicted octanol–water partition coefficient (Wildman–Crippen LogP) is 4.78. The molecule has 0 aromatic carbocycles. The molecule has 1 N–H and O–H groups in total. The van der Waals surface area contributed by atoms with Crippen molar-refractivity contribution in [2.24, 2.45) is 17.3 Å². The molecule has 1 aliphatic carbocycles. The number of nitrogens with one attached hydrogen (secondary N) is 1. The highest BCUT2D eigenvalue weighted by molar-refractivity contribution is 4.85. The van der Waals surface area contributed by atoms with E-state index >= 15 is 0 Å². The van der Waals surface area contributed by atoms with E-state index in [9.17, 15) is 0 Å². The van der Waals surface area contributed by atoms with Crippen molar-refractivity contribution in [1.82, 2.24) is 5.32 Å². The summed E-state index contributed by atoms with van der Waals surface area (Å²) >= 11 is 0. The second kappa shape index (κ2) is 7.99. The van der Waals surface area contributed by atoms with Gasteiger partial charge in [0.15, 0.2) is 0 Å². The normalized spacial score (nSPS) is 27.1. The van der Waals surface area contributed by atoms with Crippen LogP contribution in [0, 0.1) is 17.3 Å². The Morgan fingerprint density at radius 3 is 2.67 bits per heavy atom. The van der Waals surface area contributed by atoms with Gasteiger partial charge in [-0.2, -0.15) is 0 Å². The Kier molecular flexibility index (Phi) is 6.99. The zero-order chi connectivity index (χ0) is 13.4. The van der Waals surface area contributed by atoms with Gasteiger partial charge in [-0.25, -0.2) is 0 Å². The van der Waals surface area contributed by atoms with E-state index in [1.54, 1.807) is 0 Å². The Morgan fingerprint density at radius 1 is 1.22 bits per heavy atom. The van der Waals surface area contributed by atoms with Crippen LogP contribution >= 0.6 is 0 Å². The van der Waals surface area contributed by atoms with Gasteiger partial charge < -0.3 is 5.32 Å². The summed E-state index contributed by atoms with van der Waals surface area (Å²) in [7, 11) is 2.10. The molecule has 0 amide bonds. The summed E-state index contributed by atoms with van der Waals surface area (Å²) in [5.74, 6) is 1.87. The lowest BCUT2D eigenvalue weighted by Gasteiger charge is -2.41. The van der Waals surface area contributed by atoms with Gasteiger partial charge in [-0.15, -0.1) is 6.58 Å². The average molecular weight is 251 g/mol. The fourth-order valence-electron chi connectivity index (χ4n) is 3.53. The highest BCUT2D eigenvalue weighted by Crippen LogP contribution is 2.43. The molecule has 1 rings (SSSR count). The Balaban J connectivity index is 2.33. The van der Waals surface area contributed by atoms with Gasteiger partial charge in [0.2, 0.25) is 0 Å². The lowest BCUT2D eigenvalue weighted by molar-refractivity contribution is 0.109. The monoisotopic (exact) mass is 251 g/mol. The Labute approximate surface area is 114 Å². The second-order valence-electron chi connectivity index (χ2n) is 6.91. The fraction of sp³-hybridized carbons (Fsp3) is 0.882. The van der Waals surface area contributed by atoms with Gasteiger partial charge in [0.1, 0.15) is 0 Å². The Hall–Kier alpha value is -0.300. The molecule has 106 valence electrons. The molecule has 2 atom stereocenters. The lowest BCUT2D eigenvalue weighted by Crippen LogP contribution is -2.35. The SMILES string of the molecule is C=CCCCCCC1CC(C)(C)CCC1CNC. The molecule has 1 heteroatoms. The highest BCUT2D eigenvalue weighted by Gasteiger charge is 2.33. The second-order valence-corrected chi connectivity index (χ2v) is 6.91. The van der Waals surface area contributed by atoms with E-state index in [0.717, 1.165) is 11.8 Å². The first-order valence-electron chi connectivity index (χ1n) is 7.84. The van der Waals surface area contributed by atoms with Crippen molar-refractivity contribution in [2.75, 3.05) is 13.6 Å². The first kappa shape index (κ1) is 15.8. The van der Waals surface area contributed by atoms with Crippen molar-refractivity contribution in [2.45, 2.75) is 65.2 Å². The Morgan fingerprint density at radius 2 is 2.00 bits per heavy atom. The first-order chi connectivity index (χ1) is 8.59. The zero-order valence-electron chi connectivity index (χ0n) is 12.8. The molecule has 0 radical (unpaired) electrons. The van der Waals surface area contributed by atoms with Crippen molar-refractivity contribution in [3.8, 4) is 0 Å². The van der Waals surface area contributed by atoms with Crippen LogP contribution in [-0.4, -0.2) is 13.6 Å². The molecule has 1 nitrogen and oxygen atoms in total. The number of rotatable bonds is 8. The maximum Gasteiger partial charge on any atom is -0.00209 e. The molecule has 0 bridgehead atoms. The van der Waals surface area contributed by atoms with E-state index in [0.29, 0.717) is 5.41 Å². The molecule has 2 unspecified atom stereocenters. The van der Waals surface area contributed by atoms with Crippen LogP contribution in [0.25, 0.3) is 0 Å². The Bertz CT molecular complexity index is 232. The van der Waals surface area contributed by atoms with Gasteiger partial charge in [0.05, 0.1) is 0 Å². The largest absolute Gasteiger partial charge is 0.319 e. The minimum absolute atomic E-state index is 0.579. The lowest BCUT2D eigenvalue weighted by atomic mass is 9.66. The highest BCUT2D eigenvalue weighted by atomic mass is 14.8. The summed E-state index contributed by atoms with van der Waals surface area (Å²) in [6, 6.07) is 0. The number of hydrogen-bond donors (Lipinski definition) is 1. The molecule has 0 aliphatic heterocycles. The molecule has 0 spiro atoms. The van der Waals surface area contributed by atoms with Crippen molar-refractivity contribution >= 4 is 0 Å². The van der Waals surface area contributed by atoms with E-state index < -0.39 is 0 Å². The number of hydrogen-bond acceptors (Lipinski definition) is 1. The van der Waals surface area contributed by atoms with Crippen LogP contribution < -0.4 is 5.32 Å². The van der Waals surface area contributed by atoms with Crippen LogP contribution in [0.4, 0.5) is 0 Å². The summed E-state index contributed by atoms with van der Waals surface area (Å²) in [6.45, 7) is 9.91. The van der Waals surface area contributed by atoms with Crippen molar-refractivity contribution in [3.05, 3.63) is 12.7 Å². The molecule has 1 aliphatic rings. The fourth-order valence-corrected chi connectivity index (χ4v) is 3.53. The molecule has 1 saturated carbocycles. The van der Waals surface area contributed by atoms with Crippen molar-refractivity contribution in [1.29, 1.82) is 0 Å². The molecular formula is C17H33N. The quantitative estimate of drug-likeness (QED) is 0.483. The van der Waals surface area contributed by atoms with E-state index in [1.807, 2.05) is 6.08 Å². The zero-order valence-corrected chi connectivity index (χ0v) is 12.8. The van der Waals surface area contributed by atoms with Crippen LogP contribution in [0.2, 0.25) is 0 Å². The standard InChI is InChI=1S/C17H33N/c1-5-6-7-8-9-10-15-13-17(2,3)12-11-16(15)14-18-4/h5,15-16,18H,1,6-14H2,2-4H3. The molecule has 1 fully saturated rings. The smallest absolute Gasteiger partial charge is 0.00209 e. The molecular weight excluding hydrogens is 218 g/mol. The summed E-state index contributed by atoms with van der Waals surface area (Å²) in [6.07, 6.45) is 13.1. The van der Waals surface area contributed by atoms with Crippen LogP contribution in [-0.2, 0) is 0 Å². The minimum Gasteiger partial charge on any atom is -0.319 e. The van der Waals surface area contributed by atoms with Gasteiger partial charge in [-0.05, 0) is 62.9 Å². The molecule has 18 heavy (non-hydrogen) atoms. The number of unbranched alkanes of at least 4 members (excludes halogenated alkanes) is 3. The third-order valence-electron chi connectivity index (χ3n) is 4.62. The van der Waals surface area contributed by atoms with Crippen LogP contribution in [0.5, 0.6) is 0 Å². The van der Waals surface area contributed by atoms with Crippen LogP contribution in [0.15, 0.2) is 12.7 Å². The molecule has 0 aromatic heterocycles. The van der Waals surface area contributed by atoms with Gasteiger partial charge in [0.25, 0.3) is 0 Å². The van der Waals surface area contributed by atoms with E-state index in [1.165, 1.54) is 57.9 Å². The first-order valence-corrected chi connectivity index (χ1v) is 7.84. The van der Waals surface area contributed by atoms with E-state index in [2.05, 4.69) is 32.8 Å². The summed E-state index contributed by atoms with van der Waals surface area (Å²) in [5.41, 5.74) is 0.579. The van der Waals surface area contributed by atoms with E-state index in [4.69, 9.17) is 0 Å². The van der Waals surface area contributed by atoms with E-state index in [-0.39, 0.29) is 0 Å². The molecule has 0 aromatic rings. The van der Waals surface area contributed by atoms with Crippen LogP contribution in [0.3, 0.4) is 0 Å². The summed E-state index contributed by atoms with van der Waals surface area (Å²) in [5, 5.41) is 3.39. The van der Waals surface area contributed by atoms with Crippen LogP contribution in [0.1, 0.15) is 65.2 Å². The van der Waals surface area contributed by atoms with Gasteiger partial charge >= 0.3 is 0 Å². The van der Waals surface area contributed by atoms with Crippen molar-refractivity contribution in [3.63, 3.8) is 0 Å². The van der Waals surface area contributed by atoms with Crippen molar-refractivity contribution < 1.29 is 0 Å². The van der Waals surface area contributed by atoms with Gasteiger partial charge in [0, 0.05) is 0 Å². The molecule has 0 saturated heterocycles. The molecule has 0 heterocycles.